The first kappa shape index (κ1) is 12.8. The molecule has 6 heteroatoms. The van der Waals surface area contributed by atoms with Gasteiger partial charge in [-0.15, -0.1) is 0 Å². The van der Waals surface area contributed by atoms with Crippen molar-refractivity contribution in [2.75, 3.05) is 25.0 Å². The Morgan fingerprint density at radius 2 is 2.44 bits per heavy atom. The number of halogens is 1. The topological polar surface area (TPSA) is 65.5 Å². The summed E-state index contributed by atoms with van der Waals surface area (Å²) in [6.07, 6.45) is 4.29. The molecule has 0 radical (unpaired) electrons. The van der Waals surface area contributed by atoms with Crippen LogP contribution in [-0.2, 0) is 0 Å². The molecule has 5 nitrogen and oxygen atoms in total. The normalized spacial score (nSPS) is 19.7. The van der Waals surface area contributed by atoms with Gasteiger partial charge in [-0.05, 0) is 18.8 Å². The standard InChI is InChI=1S/C12H16FN3O2/c13-10-4-11(6-14-5-10)15-12(18)16-3-1-2-9(7-16)8-17/h4-6,9,17H,1-3,7-8H2,(H,15,18). The van der Waals surface area contributed by atoms with Gasteiger partial charge in [0, 0.05) is 25.8 Å². The van der Waals surface area contributed by atoms with Gasteiger partial charge in [-0.3, -0.25) is 4.98 Å². The number of amides is 2. The van der Waals surface area contributed by atoms with Crippen LogP contribution in [0.5, 0.6) is 0 Å². The molecule has 0 aliphatic carbocycles. The fraction of sp³-hybridized carbons (Fsp3) is 0.500. The Labute approximate surface area is 105 Å². The third kappa shape index (κ3) is 3.16. The van der Waals surface area contributed by atoms with Crippen molar-refractivity contribution in [2.45, 2.75) is 12.8 Å². The van der Waals surface area contributed by atoms with Crippen LogP contribution in [0.1, 0.15) is 12.8 Å². The molecule has 0 bridgehead atoms. The van der Waals surface area contributed by atoms with Crippen LogP contribution >= 0.6 is 0 Å². The maximum atomic E-state index is 12.9. The second kappa shape index (κ2) is 5.77. The van der Waals surface area contributed by atoms with E-state index in [0.717, 1.165) is 19.0 Å². The van der Waals surface area contributed by atoms with Gasteiger partial charge in [-0.2, -0.15) is 0 Å². The lowest BCUT2D eigenvalue weighted by molar-refractivity contribution is 0.136. The molecule has 2 amide bonds. The van der Waals surface area contributed by atoms with Gasteiger partial charge in [0.15, 0.2) is 0 Å². The van der Waals surface area contributed by atoms with Gasteiger partial charge in [0.2, 0.25) is 0 Å². The number of carbonyl (C=O) groups excluding carboxylic acids is 1. The number of rotatable bonds is 2. The Hall–Kier alpha value is -1.69. The number of aromatic nitrogens is 1. The van der Waals surface area contributed by atoms with Gasteiger partial charge >= 0.3 is 6.03 Å². The van der Waals surface area contributed by atoms with E-state index in [2.05, 4.69) is 10.3 Å². The molecule has 18 heavy (non-hydrogen) atoms. The van der Waals surface area contributed by atoms with E-state index in [9.17, 15) is 9.18 Å². The summed E-state index contributed by atoms with van der Waals surface area (Å²) in [5, 5.41) is 11.7. The number of hydrogen-bond donors (Lipinski definition) is 2. The summed E-state index contributed by atoms with van der Waals surface area (Å²) in [4.78, 5) is 17.2. The summed E-state index contributed by atoms with van der Waals surface area (Å²) in [5.41, 5.74) is 0.339. The summed E-state index contributed by atoms with van der Waals surface area (Å²) in [7, 11) is 0. The summed E-state index contributed by atoms with van der Waals surface area (Å²) in [6, 6.07) is 0.943. The molecular weight excluding hydrogens is 237 g/mol. The van der Waals surface area contributed by atoms with Crippen molar-refractivity contribution >= 4 is 11.7 Å². The Morgan fingerprint density at radius 3 is 3.17 bits per heavy atom. The van der Waals surface area contributed by atoms with Crippen molar-refractivity contribution in [3.05, 3.63) is 24.3 Å². The highest BCUT2D eigenvalue weighted by atomic mass is 19.1. The van der Waals surface area contributed by atoms with Crippen molar-refractivity contribution in [1.82, 2.24) is 9.88 Å². The monoisotopic (exact) mass is 253 g/mol. The number of likely N-dealkylation sites (tertiary alicyclic amines) is 1. The number of nitrogens with zero attached hydrogens (tertiary/aromatic N) is 2. The van der Waals surface area contributed by atoms with E-state index in [1.54, 1.807) is 4.90 Å². The second-order valence-electron chi connectivity index (χ2n) is 4.46. The SMILES string of the molecule is O=C(Nc1cncc(F)c1)N1CCCC(CO)C1. The largest absolute Gasteiger partial charge is 0.396 e. The third-order valence-corrected chi connectivity index (χ3v) is 3.02. The zero-order valence-electron chi connectivity index (χ0n) is 9.97. The number of aliphatic hydroxyl groups is 1. The Morgan fingerprint density at radius 1 is 1.61 bits per heavy atom. The number of hydrogen-bond acceptors (Lipinski definition) is 3. The van der Waals surface area contributed by atoms with Crippen molar-refractivity contribution in [1.29, 1.82) is 0 Å². The van der Waals surface area contributed by atoms with Crippen molar-refractivity contribution in [2.24, 2.45) is 5.92 Å². The Kier molecular flexibility index (Phi) is 4.09. The van der Waals surface area contributed by atoms with Gasteiger partial charge < -0.3 is 15.3 Å². The summed E-state index contributed by atoms with van der Waals surface area (Å²) < 4.78 is 12.9. The average molecular weight is 253 g/mol. The molecule has 1 saturated heterocycles. The van der Waals surface area contributed by atoms with E-state index in [4.69, 9.17) is 5.11 Å². The van der Waals surface area contributed by atoms with Gasteiger partial charge in [-0.1, -0.05) is 0 Å². The molecule has 2 N–H and O–H groups in total. The minimum Gasteiger partial charge on any atom is -0.396 e. The van der Waals surface area contributed by atoms with Gasteiger partial charge in [0.25, 0.3) is 0 Å². The fourth-order valence-corrected chi connectivity index (χ4v) is 2.08. The van der Waals surface area contributed by atoms with E-state index < -0.39 is 5.82 Å². The number of pyridine rings is 1. The minimum atomic E-state index is -0.486. The quantitative estimate of drug-likeness (QED) is 0.838. The first-order valence-corrected chi connectivity index (χ1v) is 5.96. The van der Waals surface area contributed by atoms with E-state index >= 15 is 0 Å². The van der Waals surface area contributed by atoms with Crippen molar-refractivity contribution in [3.63, 3.8) is 0 Å². The van der Waals surface area contributed by atoms with Crippen LogP contribution in [0.15, 0.2) is 18.5 Å². The highest BCUT2D eigenvalue weighted by Crippen LogP contribution is 2.17. The van der Waals surface area contributed by atoms with E-state index in [-0.39, 0.29) is 18.6 Å². The van der Waals surface area contributed by atoms with Crippen LogP contribution < -0.4 is 5.32 Å². The highest BCUT2D eigenvalue weighted by Gasteiger charge is 2.23. The molecule has 1 aliphatic heterocycles. The van der Waals surface area contributed by atoms with Crippen LogP contribution in [0.4, 0.5) is 14.9 Å². The first-order chi connectivity index (χ1) is 8.69. The molecule has 98 valence electrons. The number of anilines is 1. The molecule has 1 unspecified atom stereocenters. The molecule has 0 spiro atoms. The number of nitrogens with one attached hydrogen (secondary N) is 1. The molecule has 1 fully saturated rings. The van der Waals surface area contributed by atoms with Crippen LogP contribution in [-0.4, -0.2) is 40.7 Å². The summed E-state index contributed by atoms with van der Waals surface area (Å²) in [5.74, 6) is -0.352. The zero-order valence-corrected chi connectivity index (χ0v) is 9.97. The van der Waals surface area contributed by atoms with E-state index in [0.29, 0.717) is 18.8 Å². The van der Waals surface area contributed by atoms with Crippen LogP contribution in [0.25, 0.3) is 0 Å². The fourth-order valence-electron chi connectivity index (χ4n) is 2.08. The summed E-state index contributed by atoms with van der Waals surface area (Å²) >= 11 is 0. The average Bonchev–Trinajstić information content (AvgIpc) is 2.39. The third-order valence-electron chi connectivity index (χ3n) is 3.02. The molecular formula is C12H16FN3O2. The lowest BCUT2D eigenvalue weighted by atomic mass is 9.99. The lowest BCUT2D eigenvalue weighted by Gasteiger charge is -2.31. The maximum Gasteiger partial charge on any atom is 0.321 e. The number of carbonyl (C=O) groups is 1. The number of urea groups is 1. The second-order valence-corrected chi connectivity index (χ2v) is 4.46. The Bertz CT molecular complexity index is 428. The molecule has 1 atom stereocenters. The molecule has 0 aromatic carbocycles. The van der Waals surface area contributed by atoms with Gasteiger partial charge in [0.1, 0.15) is 5.82 Å². The number of piperidine rings is 1. The molecule has 0 saturated carbocycles. The predicted molar refractivity (Wildman–Crippen MR) is 64.6 cm³/mol. The van der Waals surface area contributed by atoms with Crippen molar-refractivity contribution in [3.8, 4) is 0 Å². The number of aliphatic hydroxyl groups excluding tert-OH is 1. The predicted octanol–water partition coefficient (Wildman–Crippen LogP) is 1.46. The minimum absolute atomic E-state index is 0.0886. The highest BCUT2D eigenvalue weighted by molar-refractivity contribution is 5.89. The Balaban J connectivity index is 1.95. The maximum absolute atomic E-state index is 12.9. The van der Waals surface area contributed by atoms with E-state index in [1.165, 1.54) is 12.3 Å². The van der Waals surface area contributed by atoms with Gasteiger partial charge in [0.05, 0.1) is 18.1 Å². The van der Waals surface area contributed by atoms with Crippen LogP contribution in [0.2, 0.25) is 0 Å². The lowest BCUT2D eigenvalue weighted by Crippen LogP contribution is -2.43. The molecule has 1 aromatic rings. The first-order valence-electron chi connectivity index (χ1n) is 5.96. The van der Waals surface area contributed by atoms with Crippen LogP contribution in [0, 0.1) is 11.7 Å². The van der Waals surface area contributed by atoms with E-state index in [1.807, 2.05) is 0 Å². The van der Waals surface area contributed by atoms with Gasteiger partial charge in [-0.25, -0.2) is 9.18 Å². The summed E-state index contributed by atoms with van der Waals surface area (Å²) in [6.45, 7) is 1.28. The van der Waals surface area contributed by atoms with Crippen molar-refractivity contribution < 1.29 is 14.3 Å². The molecule has 1 aromatic heterocycles. The molecule has 2 heterocycles. The smallest absolute Gasteiger partial charge is 0.321 e. The molecule has 2 rings (SSSR count). The molecule has 1 aliphatic rings. The van der Waals surface area contributed by atoms with Crippen LogP contribution in [0.3, 0.4) is 0 Å². The zero-order chi connectivity index (χ0) is 13.0.